The van der Waals surface area contributed by atoms with Gasteiger partial charge in [0.15, 0.2) is 5.75 Å². The Kier molecular flexibility index (Phi) is 4.47. The quantitative estimate of drug-likeness (QED) is 0.655. The number of aromatic hydroxyl groups is 1. The number of hydrogen-bond acceptors (Lipinski definition) is 5. The third-order valence-electron chi connectivity index (χ3n) is 4.91. The minimum Gasteiger partial charge on any atom is -0.502 e. The average molecular weight is 319 g/mol. The molecule has 7 nitrogen and oxygen atoms in total. The highest BCUT2D eigenvalue weighted by Gasteiger charge is 2.30. The Morgan fingerprint density at radius 2 is 2.04 bits per heavy atom. The topological polar surface area (TPSA) is 95.7 Å². The first-order valence-corrected chi connectivity index (χ1v) is 8.06. The number of nitrogens with one attached hydrogen (secondary N) is 1. The number of nitro benzene ring substituents is 1. The molecule has 0 spiro atoms. The summed E-state index contributed by atoms with van der Waals surface area (Å²) in [5, 5.41) is 23.9. The lowest BCUT2D eigenvalue weighted by Gasteiger charge is -2.35. The summed E-state index contributed by atoms with van der Waals surface area (Å²) in [6.07, 6.45) is 4.39. The summed E-state index contributed by atoms with van der Waals surface area (Å²) in [4.78, 5) is 24.3. The predicted molar refractivity (Wildman–Crippen MR) is 84.4 cm³/mol. The first kappa shape index (κ1) is 15.7. The number of carbonyl (C=O) groups is 1. The second kappa shape index (κ2) is 6.54. The zero-order valence-electron chi connectivity index (χ0n) is 12.9. The summed E-state index contributed by atoms with van der Waals surface area (Å²) in [5.74, 6) is -0.0225. The molecule has 0 bridgehead atoms. The number of benzene rings is 1. The van der Waals surface area contributed by atoms with Crippen LogP contribution in [0, 0.1) is 16.0 Å². The number of phenols is 1. The van der Waals surface area contributed by atoms with Gasteiger partial charge in [0, 0.05) is 30.8 Å². The van der Waals surface area contributed by atoms with Crippen LogP contribution < -0.4 is 5.32 Å². The zero-order valence-corrected chi connectivity index (χ0v) is 12.9. The summed E-state index contributed by atoms with van der Waals surface area (Å²) in [5.41, 5.74) is -0.0851. The van der Waals surface area contributed by atoms with Crippen molar-refractivity contribution in [3.8, 4) is 5.75 Å². The number of rotatable bonds is 3. The molecule has 0 saturated carbocycles. The first-order chi connectivity index (χ1) is 11.1. The van der Waals surface area contributed by atoms with Gasteiger partial charge in [-0.25, -0.2) is 0 Å². The van der Waals surface area contributed by atoms with Gasteiger partial charge in [-0.1, -0.05) is 0 Å². The van der Waals surface area contributed by atoms with Gasteiger partial charge >= 0.3 is 5.69 Å². The van der Waals surface area contributed by atoms with Crippen LogP contribution in [-0.4, -0.2) is 46.5 Å². The van der Waals surface area contributed by atoms with Gasteiger partial charge in [-0.05, 0) is 50.3 Å². The number of carbonyl (C=O) groups excluding carboxylic acids is 1. The number of hydrogen-bond donors (Lipinski definition) is 2. The van der Waals surface area contributed by atoms with Crippen molar-refractivity contribution in [1.29, 1.82) is 0 Å². The van der Waals surface area contributed by atoms with Crippen LogP contribution in [0.2, 0.25) is 0 Å². The van der Waals surface area contributed by atoms with E-state index in [-0.39, 0.29) is 11.6 Å². The molecule has 2 heterocycles. The Labute approximate surface area is 134 Å². The van der Waals surface area contributed by atoms with Crippen molar-refractivity contribution in [2.45, 2.75) is 31.7 Å². The van der Waals surface area contributed by atoms with Gasteiger partial charge in [0.1, 0.15) is 0 Å². The molecule has 1 aromatic carbocycles. The normalized spacial score (nSPS) is 22.3. The van der Waals surface area contributed by atoms with Gasteiger partial charge in [0.05, 0.1) is 4.92 Å². The van der Waals surface area contributed by atoms with E-state index in [2.05, 4.69) is 5.32 Å². The maximum Gasteiger partial charge on any atom is 0.310 e. The molecule has 1 amide bonds. The van der Waals surface area contributed by atoms with Gasteiger partial charge in [-0.15, -0.1) is 0 Å². The maximum atomic E-state index is 12.5. The highest BCUT2D eigenvalue weighted by atomic mass is 16.6. The molecule has 2 aliphatic rings. The van der Waals surface area contributed by atoms with Crippen molar-refractivity contribution in [2.24, 2.45) is 5.92 Å². The molecule has 1 aromatic rings. The molecule has 2 N–H and O–H groups in total. The van der Waals surface area contributed by atoms with Crippen molar-refractivity contribution < 1.29 is 14.8 Å². The SMILES string of the molecule is O=C(c1ccc([N+](=O)[O-])c(O)c1)N1CCC(C2CCCN2)CC1. The van der Waals surface area contributed by atoms with Gasteiger partial charge in [-0.2, -0.15) is 0 Å². The highest BCUT2D eigenvalue weighted by Crippen LogP contribution is 2.29. The largest absolute Gasteiger partial charge is 0.502 e. The van der Waals surface area contributed by atoms with E-state index in [1.54, 1.807) is 4.90 Å². The fraction of sp³-hybridized carbons (Fsp3) is 0.562. The minimum atomic E-state index is -0.663. The van der Waals surface area contributed by atoms with E-state index < -0.39 is 10.7 Å². The summed E-state index contributed by atoms with van der Waals surface area (Å²) in [6.45, 7) is 2.48. The number of phenolic OH excluding ortho intramolecular Hbond substituents is 1. The van der Waals surface area contributed by atoms with E-state index in [1.165, 1.54) is 31.0 Å². The van der Waals surface area contributed by atoms with Crippen LogP contribution in [0.3, 0.4) is 0 Å². The molecule has 2 aliphatic heterocycles. The molecule has 1 unspecified atom stereocenters. The lowest BCUT2D eigenvalue weighted by molar-refractivity contribution is -0.385. The number of amides is 1. The Bertz CT molecular complexity index is 605. The van der Waals surface area contributed by atoms with Crippen LogP contribution in [-0.2, 0) is 0 Å². The summed E-state index contributed by atoms with van der Waals surface area (Å²) < 4.78 is 0. The van der Waals surface area contributed by atoms with Crippen LogP contribution >= 0.6 is 0 Å². The first-order valence-electron chi connectivity index (χ1n) is 8.06. The second-order valence-corrected chi connectivity index (χ2v) is 6.29. The molecular weight excluding hydrogens is 298 g/mol. The molecule has 2 fully saturated rings. The molecule has 1 atom stereocenters. The molecule has 7 heteroatoms. The van der Waals surface area contributed by atoms with Crippen LogP contribution in [0.1, 0.15) is 36.0 Å². The van der Waals surface area contributed by atoms with E-state index in [1.807, 2.05) is 0 Å². The van der Waals surface area contributed by atoms with Crippen molar-refractivity contribution in [3.63, 3.8) is 0 Å². The summed E-state index contributed by atoms with van der Waals surface area (Å²) in [7, 11) is 0. The standard InChI is InChI=1S/C16H21N3O4/c20-15-10-12(3-4-14(15)19(22)23)16(21)18-8-5-11(6-9-18)13-2-1-7-17-13/h3-4,10-11,13,17,20H,1-2,5-9H2. The van der Waals surface area contributed by atoms with Crippen LogP contribution in [0.15, 0.2) is 18.2 Å². The van der Waals surface area contributed by atoms with Crippen molar-refractivity contribution in [2.75, 3.05) is 19.6 Å². The zero-order chi connectivity index (χ0) is 16.4. The number of nitro groups is 1. The number of likely N-dealkylation sites (tertiary alicyclic amines) is 1. The van der Waals surface area contributed by atoms with Crippen molar-refractivity contribution in [3.05, 3.63) is 33.9 Å². The van der Waals surface area contributed by atoms with Crippen LogP contribution in [0.5, 0.6) is 5.75 Å². The minimum absolute atomic E-state index is 0.173. The second-order valence-electron chi connectivity index (χ2n) is 6.29. The Morgan fingerprint density at radius 3 is 2.61 bits per heavy atom. The molecule has 3 rings (SSSR count). The van der Waals surface area contributed by atoms with Crippen molar-refractivity contribution >= 4 is 11.6 Å². The van der Waals surface area contributed by atoms with Gasteiger partial charge in [0.2, 0.25) is 0 Å². The molecule has 0 aromatic heterocycles. The van der Waals surface area contributed by atoms with Gasteiger partial charge in [0.25, 0.3) is 5.91 Å². The smallest absolute Gasteiger partial charge is 0.310 e. The maximum absolute atomic E-state index is 12.5. The lowest BCUT2D eigenvalue weighted by atomic mass is 9.88. The summed E-state index contributed by atoms with van der Waals surface area (Å²) >= 11 is 0. The highest BCUT2D eigenvalue weighted by molar-refractivity contribution is 5.95. The van der Waals surface area contributed by atoms with Gasteiger partial charge in [-0.3, -0.25) is 14.9 Å². The molecule has 2 saturated heterocycles. The van der Waals surface area contributed by atoms with Crippen LogP contribution in [0.4, 0.5) is 5.69 Å². The Morgan fingerprint density at radius 1 is 1.30 bits per heavy atom. The molecular formula is C16H21N3O4. The van der Waals surface area contributed by atoms with E-state index in [0.29, 0.717) is 30.6 Å². The molecule has 124 valence electrons. The third kappa shape index (κ3) is 3.29. The molecule has 0 radical (unpaired) electrons. The monoisotopic (exact) mass is 319 g/mol. The van der Waals surface area contributed by atoms with E-state index >= 15 is 0 Å². The van der Waals surface area contributed by atoms with Crippen molar-refractivity contribution in [1.82, 2.24) is 10.2 Å². The molecule has 23 heavy (non-hydrogen) atoms. The average Bonchev–Trinajstić information content (AvgIpc) is 3.08. The Hall–Kier alpha value is -2.15. The number of piperidine rings is 1. The predicted octanol–water partition coefficient (Wildman–Crippen LogP) is 1.90. The van der Waals surface area contributed by atoms with E-state index in [0.717, 1.165) is 19.4 Å². The fourth-order valence-electron chi connectivity index (χ4n) is 3.61. The van der Waals surface area contributed by atoms with E-state index in [4.69, 9.17) is 0 Å². The fourth-order valence-corrected chi connectivity index (χ4v) is 3.61. The third-order valence-corrected chi connectivity index (χ3v) is 4.91. The summed E-state index contributed by atoms with van der Waals surface area (Å²) in [6, 6.07) is 4.35. The molecule has 0 aliphatic carbocycles. The lowest BCUT2D eigenvalue weighted by Crippen LogP contribution is -2.43. The van der Waals surface area contributed by atoms with Gasteiger partial charge < -0.3 is 15.3 Å². The van der Waals surface area contributed by atoms with E-state index in [9.17, 15) is 20.0 Å². The van der Waals surface area contributed by atoms with Crippen LogP contribution in [0.25, 0.3) is 0 Å². The number of nitrogens with zero attached hydrogens (tertiary/aromatic N) is 2. The Balaban J connectivity index is 1.63.